The molecule has 10 heteroatoms. The van der Waals surface area contributed by atoms with Crippen LogP contribution in [-0.4, -0.2) is 32.2 Å². The smallest absolute Gasteiger partial charge is 0.313 e. The molecule has 2 aliphatic rings. The summed E-state index contributed by atoms with van der Waals surface area (Å²) in [4.78, 5) is 29.8. The van der Waals surface area contributed by atoms with Crippen LogP contribution in [0.2, 0.25) is 5.02 Å². The number of nitrogens with zero attached hydrogens (tertiary/aromatic N) is 3. The Morgan fingerprint density at radius 3 is 2.84 bits per heavy atom. The molecule has 1 aromatic carbocycles. The Morgan fingerprint density at radius 2 is 2.06 bits per heavy atom. The van der Waals surface area contributed by atoms with Crippen LogP contribution in [-0.2, 0) is 6.42 Å². The maximum absolute atomic E-state index is 14.8. The molecule has 0 spiro atoms. The topological polar surface area (TPSA) is 91.0 Å². The number of hydrogen-bond donors (Lipinski definition) is 2. The number of pyridine rings is 1. The van der Waals surface area contributed by atoms with Gasteiger partial charge in [0, 0.05) is 29.4 Å². The number of amides is 2. The lowest BCUT2D eigenvalue weighted by Gasteiger charge is -2.35. The third kappa shape index (κ3) is 3.44. The third-order valence-electron chi connectivity index (χ3n) is 5.77. The number of nitrogens with one attached hydrogen (secondary N) is 2. The molecule has 5 rings (SSSR count). The van der Waals surface area contributed by atoms with Crippen molar-refractivity contribution in [2.75, 3.05) is 5.32 Å². The second-order valence-electron chi connectivity index (χ2n) is 7.61. The van der Waals surface area contributed by atoms with Crippen LogP contribution < -0.4 is 10.9 Å². The van der Waals surface area contributed by atoms with Gasteiger partial charge in [0.1, 0.15) is 5.82 Å². The van der Waals surface area contributed by atoms with Crippen LogP contribution in [0.1, 0.15) is 30.1 Å². The van der Waals surface area contributed by atoms with Crippen molar-refractivity contribution in [1.29, 1.82) is 0 Å². The van der Waals surface area contributed by atoms with Gasteiger partial charge >= 0.3 is 6.03 Å². The fourth-order valence-electron chi connectivity index (χ4n) is 4.40. The molecule has 4 heterocycles. The zero-order valence-electron chi connectivity index (χ0n) is 16.0. The van der Waals surface area contributed by atoms with Gasteiger partial charge in [0.2, 0.25) is 5.95 Å². The number of H-pyrrole nitrogens is 1. The number of aromatic nitrogens is 3. The minimum absolute atomic E-state index is 0.0616. The summed E-state index contributed by atoms with van der Waals surface area (Å²) in [5.74, 6) is -1.33. The molecule has 0 saturated carbocycles. The fraction of sp³-hybridized carbons (Fsp3) is 0.238. The molecule has 1 fully saturated rings. The highest BCUT2D eigenvalue weighted by atomic mass is 35.5. The number of rotatable bonds is 2. The second kappa shape index (κ2) is 7.42. The van der Waals surface area contributed by atoms with E-state index in [4.69, 9.17) is 11.6 Å². The summed E-state index contributed by atoms with van der Waals surface area (Å²) in [6.45, 7) is 0. The van der Waals surface area contributed by atoms with Crippen molar-refractivity contribution in [3.05, 3.63) is 74.9 Å². The number of aromatic amines is 1. The van der Waals surface area contributed by atoms with Crippen molar-refractivity contribution in [2.24, 2.45) is 0 Å². The first kappa shape index (κ1) is 19.6. The van der Waals surface area contributed by atoms with E-state index in [9.17, 15) is 18.4 Å². The molecule has 2 unspecified atom stereocenters. The van der Waals surface area contributed by atoms with Gasteiger partial charge in [0.15, 0.2) is 0 Å². The molecule has 2 aromatic heterocycles. The van der Waals surface area contributed by atoms with E-state index in [2.05, 4.69) is 20.5 Å². The molecule has 158 valence electrons. The molecule has 31 heavy (non-hydrogen) atoms. The van der Waals surface area contributed by atoms with E-state index < -0.39 is 17.8 Å². The average Bonchev–Trinajstić information content (AvgIpc) is 3.06. The predicted molar refractivity (Wildman–Crippen MR) is 110 cm³/mol. The SMILES string of the molecule is O=C(Nc1cc(Cl)c(-c2ccc(F)nc2)cc1F)N1C2CCC1c1n[nH]c(=O)cc1C2. The molecule has 2 amide bonds. The number of carbonyl (C=O) groups excluding carboxylic acids is 1. The Balaban J connectivity index is 1.41. The monoisotopic (exact) mass is 443 g/mol. The lowest BCUT2D eigenvalue weighted by Crippen LogP contribution is -2.45. The maximum atomic E-state index is 14.8. The predicted octanol–water partition coefficient (Wildman–Crippen LogP) is 4.06. The van der Waals surface area contributed by atoms with Gasteiger partial charge in [-0.25, -0.2) is 19.3 Å². The summed E-state index contributed by atoms with van der Waals surface area (Å²) >= 11 is 6.30. The molecule has 0 aliphatic carbocycles. The highest BCUT2D eigenvalue weighted by Crippen LogP contribution is 2.42. The van der Waals surface area contributed by atoms with Gasteiger partial charge in [-0.15, -0.1) is 0 Å². The van der Waals surface area contributed by atoms with E-state index in [0.717, 1.165) is 18.1 Å². The summed E-state index contributed by atoms with van der Waals surface area (Å²) in [6.07, 6.45) is 3.26. The normalized spacial score (nSPS) is 19.3. The molecule has 1 saturated heterocycles. The zero-order valence-corrected chi connectivity index (χ0v) is 16.8. The Bertz CT molecular complexity index is 1250. The van der Waals surface area contributed by atoms with Gasteiger partial charge in [0.05, 0.1) is 22.4 Å². The molecule has 2 atom stereocenters. The van der Waals surface area contributed by atoms with E-state index in [1.807, 2.05) is 0 Å². The number of benzene rings is 1. The maximum Gasteiger partial charge on any atom is 0.322 e. The van der Waals surface area contributed by atoms with Crippen molar-refractivity contribution in [2.45, 2.75) is 31.3 Å². The molecule has 2 aliphatic heterocycles. The lowest BCUT2D eigenvalue weighted by molar-refractivity contribution is 0.177. The summed E-state index contributed by atoms with van der Waals surface area (Å²) in [5, 5.41) is 9.35. The van der Waals surface area contributed by atoms with Crippen molar-refractivity contribution in [3.8, 4) is 11.1 Å². The lowest BCUT2D eigenvalue weighted by atomic mass is 9.99. The summed E-state index contributed by atoms with van der Waals surface area (Å²) in [7, 11) is 0. The Morgan fingerprint density at radius 1 is 1.23 bits per heavy atom. The first-order chi connectivity index (χ1) is 14.9. The van der Waals surface area contributed by atoms with Gasteiger partial charge in [-0.05, 0) is 49.1 Å². The van der Waals surface area contributed by atoms with Crippen molar-refractivity contribution in [1.82, 2.24) is 20.1 Å². The van der Waals surface area contributed by atoms with Crippen molar-refractivity contribution < 1.29 is 13.6 Å². The molecule has 7 nitrogen and oxygen atoms in total. The number of carbonyl (C=O) groups is 1. The summed E-state index contributed by atoms with van der Waals surface area (Å²) < 4.78 is 27.8. The number of urea groups is 1. The molecule has 2 N–H and O–H groups in total. The first-order valence-electron chi connectivity index (χ1n) is 9.69. The van der Waals surface area contributed by atoms with Crippen molar-refractivity contribution in [3.63, 3.8) is 0 Å². The van der Waals surface area contributed by atoms with Crippen LogP contribution in [0.4, 0.5) is 19.3 Å². The van der Waals surface area contributed by atoms with E-state index in [1.54, 1.807) is 4.90 Å². The van der Waals surface area contributed by atoms with Gasteiger partial charge in [-0.3, -0.25) is 4.79 Å². The van der Waals surface area contributed by atoms with Crippen LogP contribution in [0.15, 0.2) is 41.3 Å². The highest BCUT2D eigenvalue weighted by molar-refractivity contribution is 6.33. The molecule has 2 bridgehead atoms. The zero-order chi connectivity index (χ0) is 21.7. The number of halogens is 3. The van der Waals surface area contributed by atoms with Gasteiger partial charge < -0.3 is 10.2 Å². The van der Waals surface area contributed by atoms with Crippen molar-refractivity contribution >= 4 is 23.3 Å². The van der Waals surface area contributed by atoms with Crippen LogP contribution in [0.5, 0.6) is 0 Å². The number of hydrogen-bond acceptors (Lipinski definition) is 4. The first-order valence-corrected chi connectivity index (χ1v) is 10.1. The van der Waals surface area contributed by atoms with Crippen LogP contribution in [0.25, 0.3) is 11.1 Å². The molecular weight excluding hydrogens is 428 g/mol. The standard InChI is InChI=1S/C21H16ClF2N5O2/c22-14-8-16(15(23)7-13(14)10-1-4-18(24)25-9-10)26-21(31)29-12-2-3-17(29)20-11(5-12)6-19(30)27-28-20/h1,4,6-9,12,17H,2-3,5H2,(H,26,31)(H,27,30). The fourth-order valence-corrected chi connectivity index (χ4v) is 4.67. The summed E-state index contributed by atoms with van der Waals surface area (Å²) in [6, 6.07) is 5.79. The van der Waals surface area contributed by atoms with Crippen LogP contribution in [0, 0.1) is 11.8 Å². The summed E-state index contributed by atoms with van der Waals surface area (Å²) in [5.41, 5.74) is 1.96. The van der Waals surface area contributed by atoms with E-state index in [-0.39, 0.29) is 28.4 Å². The van der Waals surface area contributed by atoms with Gasteiger partial charge in [-0.1, -0.05) is 11.6 Å². The molecular formula is C21H16ClF2N5O2. The Hall–Kier alpha value is -3.33. The third-order valence-corrected chi connectivity index (χ3v) is 6.08. The Labute approximate surface area is 180 Å². The second-order valence-corrected chi connectivity index (χ2v) is 8.02. The number of anilines is 1. The van der Waals surface area contributed by atoms with Crippen LogP contribution >= 0.6 is 11.6 Å². The quantitative estimate of drug-likeness (QED) is 0.584. The van der Waals surface area contributed by atoms with E-state index in [0.29, 0.717) is 29.7 Å². The highest BCUT2D eigenvalue weighted by Gasteiger charge is 2.44. The largest absolute Gasteiger partial charge is 0.322 e. The Kier molecular flexibility index (Phi) is 4.70. The van der Waals surface area contributed by atoms with Gasteiger partial charge in [0.25, 0.3) is 5.56 Å². The van der Waals surface area contributed by atoms with E-state index >= 15 is 0 Å². The average molecular weight is 444 g/mol. The van der Waals surface area contributed by atoms with E-state index in [1.165, 1.54) is 30.5 Å². The van der Waals surface area contributed by atoms with Crippen LogP contribution in [0.3, 0.4) is 0 Å². The van der Waals surface area contributed by atoms with Gasteiger partial charge in [-0.2, -0.15) is 9.49 Å². The molecule has 0 radical (unpaired) electrons. The molecule has 3 aromatic rings. The minimum atomic E-state index is -0.677. The minimum Gasteiger partial charge on any atom is -0.313 e. The number of fused-ring (bicyclic) bond motifs is 4.